The van der Waals surface area contributed by atoms with Gasteiger partial charge in [0, 0.05) is 15.2 Å². The van der Waals surface area contributed by atoms with E-state index < -0.39 is 12.6 Å². The van der Waals surface area contributed by atoms with Gasteiger partial charge in [-0.1, -0.05) is 49.1 Å². The summed E-state index contributed by atoms with van der Waals surface area (Å²) < 4.78 is 15.1. The molecule has 106 valence electrons. The molecule has 2 heteroatoms. The van der Waals surface area contributed by atoms with E-state index in [9.17, 15) is 5.11 Å². The van der Waals surface area contributed by atoms with Crippen LogP contribution in [0.15, 0.2) is 24.3 Å². The first-order chi connectivity index (χ1) is 9.92. The second-order valence-electron chi connectivity index (χ2n) is 6.07. The smallest absolute Gasteiger partial charge is 0.0728 e. The predicted molar refractivity (Wildman–Crippen MR) is 80.5 cm³/mol. The minimum Gasteiger partial charge on any atom is -0.389 e. The summed E-state index contributed by atoms with van der Waals surface area (Å²) >= 11 is 0. The number of likely N-dealkylation sites (N-methyl/N-ethyl adjacent to an activating group) is 1. The Hall–Kier alpha value is -0.860. The number of rotatable bonds is 4. The van der Waals surface area contributed by atoms with Crippen molar-refractivity contribution in [2.45, 2.75) is 50.5 Å². The van der Waals surface area contributed by atoms with Crippen LogP contribution in [-0.4, -0.2) is 36.2 Å². The Morgan fingerprint density at radius 1 is 1.26 bits per heavy atom. The highest BCUT2D eigenvalue weighted by Gasteiger charge is 2.38. The molecule has 0 saturated heterocycles. The number of benzene rings is 1. The molecule has 0 radical (unpaired) electrons. The van der Waals surface area contributed by atoms with Crippen LogP contribution in [0.3, 0.4) is 0 Å². The third kappa shape index (κ3) is 3.58. The maximum atomic E-state index is 11.1. The van der Waals surface area contributed by atoms with Gasteiger partial charge in [-0.25, -0.2) is 0 Å². The van der Waals surface area contributed by atoms with Crippen molar-refractivity contribution >= 4 is 0 Å². The van der Waals surface area contributed by atoms with E-state index in [2.05, 4.69) is 31.2 Å². The van der Waals surface area contributed by atoms with Crippen LogP contribution in [0.4, 0.5) is 0 Å². The van der Waals surface area contributed by atoms with Crippen molar-refractivity contribution in [1.29, 1.82) is 0 Å². The Morgan fingerprint density at radius 2 is 1.89 bits per heavy atom. The molecule has 1 aliphatic carbocycles. The molecule has 0 aromatic heterocycles. The highest BCUT2D eigenvalue weighted by molar-refractivity contribution is 5.27. The van der Waals surface area contributed by atoms with Gasteiger partial charge in [-0.05, 0) is 39.4 Å². The average molecular weight is 263 g/mol. The summed E-state index contributed by atoms with van der Waals surface area (Å²) in [4.78, 5) is 1.69. The fourth-order valence-corrected chi connectivity index (χ4v) is 3.18. The molecule has 0 aliphatic heterocycles. The number of aliphatic hydroxyl groups is 1. The molecule has 1 atom stereocenters. The van der Waals surface area contributed by atoms with E-state index in [-0.39, 0.29) is 5.92 Å². The quantitative estimate of drug-likeness (QED) is 0.900. The summed E-state index contributed by atoms with van der Waals surface area (Å²) in [5, 5.41) is 11.1. The molecule has 0 bridgehead atoms. The standard InChI is InChI=1S/C17H27NO/c1-14-7-9-15(10-8-14)16(13-18(2)3)17(19)11-5-4-6-12-17/h7-10,16,19H,4-6,11-13H2,1-3H3/i2D2. The third-order valence-corrected chi connectivity index (χ3v) is 4.32. The fraction of sp³-hybridized carbons (Fsp3) is 0.647. The van der Waals surface area contributed by atoms with E-state index in [4.69, 9.17) is 2.74 Å². The molecule has 2 nitrogen and oxygen atoms in total. The second-order valence-corrected chi connectivity index (χ2v) is 6.07. The zero-order valence-electron chi connectivity index (χ0n) is 14.1. The Labute approximate surface area is 120 Å². The fourth-order valence-electron chi connectivity index (χ4n) is 3.18. The van der Waals surface area contributed by atoms with Gasteiger partial charge in [0.1, 0.15) is 0 Å². The van der Waals surface area contributed by atoms with Crippen molar-refractivity contribution in [3.63, 3.8) is 0 Å². The lowest BCUT2D eigenvalue weighted by atomic mass is 9.72. The molecule has 1 unspecified atom stereocenters. The molecule has 2 rings (SSSR count). The van der Waals surface area contributed by atoms with Crippen LogP contribution in [0.5, 0.6) is 0 Å². The van der Waals surface area contributed by atoms with Gasteiger partial charge in [-0.15, -0.1) is 0 Å². The van der Waals surface area contributed by atoms with E-state index >= 15 is 0 Å². The van der Waals surface area contributed by atoms with Crippen LogP contribution in [0.1, 0.15) is 51.9 Å². The highest BCUT2D eigenvalue weighted by atomic mass is 16.3. The number of nitrogens with zero attached hydrogens (tertiary/aromatic N) is 1. The Bertz CT molecular complexity index is 441. The van der Waals surface area contributed by atoms with Gasteiger partial charge in [-0.2, -0.15) is 0 Å². The van der Waals surface area contributed by atoms with Crippen LogP contribution in [0.25, 0.3) is 0 Å². The molecule has 1 N–H and O–H groups in total. The molecule has 1 aliphatic rings. The SMILES string of the molecule is [2H]C([2H])N(C)CC(c1ccc(C)cc1)C1(O)CCCCC1. The zero-order valence-corrected chi connectivity index (χ0v) is 12.1. The summed E-state index contributed by atoms with van der Waals surface area (Å²) in [6.07, 6.45) is 4.96. The van der Waals surface area contributed by atoms with E-state index in [1.807, 2.05) is 0 Å². The molecule has 0 spiro atoms. The van der Waals surface area contributed by atoms with Crippen molar-refractivity contribution in [2.24, 2.45) is 0 Å². The second kappa shape index (κ2) is 6.06. The lowest BCUT2D eigenvalue weighted by Gasteiger charge is -2.40. The van der Waals surface area contributed by atoms with Gasteiger partial charge < -0.3 is 10.0 Å². The Kier molecular flexibility index (Phi) is 3.80. The van der Waals surface area contributed by atoms with Crippen molar-refractivity contribution in [3.05, 3.63) is 35.4 Å². The molecule has 1 fully saturated rings. The van der Waals surface area contributed by atoms with Gasteiger partial charge in [0.25, 0.3) is 0 Å². The minimum absolute atomic E-state index is 0.0263. The molecule has 1 saturated carbocycles. The van der Waals surface area contributed by atoms with E-state index in [0.29, 0.717) is 6.54 Å². The van der Waals surface area contributed by atoms with Crippen molar-refractivity contribution in [2.75, 3.05) is 20.6 Å². The van der Waals surface area contributed by atoms with Crippen molar-refractivity contribution in [3.8, 4) is 0 Å². The summed E-state index contributed by atoms with van der Waals surface area (Å²) in [7, 11) is 1.79. The molecule has 0 heterocycles. The van der Waals surface area contributed by atoms with Crippen molar-refractivity contribution in [1.82, 2.24) is 4.90 Å². The first-order valence-corrected chi connectivity index (χ1v) is 7.26. The topological polar surface area (TPSA) is 23.5 Å². The maximum absolute atomic E-state index is 11.1. The van der Waals surface area contributed by atoms with E-state index in [0.717, 1.165) is 31.2 Å². The minimum atomic E-state index is -0.995. The molecule has 1 aromatic carbocycles. The lowest BCUT2D eigenvalue weighted by Crippen LogP contribution is -2.42. The normalized spacial score (nSPS) is 22.2. The third-order valence-electron chi connectivity index (χ3n) is 4.32. The largest absolute Gasteiger partial charge is 0.389 e. The van der Waals surface area contributed by atoms with Crippen LogP contribution in [0.2, 0.25) is 0 Å². The maximum Gasteiger partial charge on any atom is 0.0728 e. The average Bonchev–Trinajstić information content (AvgIpc) is 2.46. The predicted octanol–water partition coefficient (Wildman–Crippen LogP) is 3.34. The summed E-state index contributed by atoms with van der Waals surface area (Å²) in [5.41, 5.74) is 1.63. The Balaban J connectivity index is 2.27. The van der Waals surface area contributed by atoms with Crippen LogP contribution < -0.4 is 0 Å². The molecule has 19 heavy (non-hydrogen) atoms. The van der Waals surface area contributed by atoms with Crippen LogP contribution in [0, 0.1) is 6.92 Å². The lowest BCUT2D eigenvalue weighted by molar-refractivity contribution is -0.0277. The van der Waals surface area contributed by atoms with Gasteiger partial charge in [0.15, 0.2) is 0 Å². The van der Waals surface area contributed by atoms with Gasteiger partial charge in [-0.3, -0.25) is 0 Å². The van der Waals surface area contributed by atoms with Crippen LogP contribution in [-0.2, 0) is 0 Å². The molecular weight excluding hydrogens is 234 g/mol. The molecular formula is C17H27NO. The Morgan fingerprint density at radius 3 is 2.47 bits per heavy atom. The first kappa shape index (κ1) is 11.9. The summed E-state index contributed by atoms with van der Waals surface area (Å²) in [6.45, 7) is 1.62. The number of aryl methyl sites for hydroxylation is 1. The number of hydrogen-bond donors (Lipinski definition) is 1. The van der Waals surface area contributed by atoms with E-state index in [1.54, 1.807) is 11.9 Å². The van der Waals surface area contributed by atoms with E-state index in [1.165, 1.54) is 12.0 Å². The summed E-state index contributed by atoms with van der Waals surface area (Å²) in [6, 6.07) is 8.33. The molecule has 0 amide bonds. The van der Waals surface area contributed by atoms with Gasteiger partial charge in [0.05, 0.1) is 5.60 Å². The van der Waals surface area contributed by atoms with Gasteiger partial charge >= 0.3 is 0 Å². The van der Waals surface area contributed by atoms with Gasteiger partial charge in [0.2, 0.25) is 0 Å². The zero-order chi connectivity index (χ0) is 15.5. The first-order valence-electron chi connectivity index (χ1n) is 8.41. The highest BCUT2D eigenvalue weighted by Crippen LogP contribution is 2.40. The molecule has 1 aromatic rings. The summed E-state index contributed by atoms with van der Waals surface area (Å²) in [5.74, 6) is -0.0263. The van der Waals surface area contributed by atoms with Crippen LogP contribution >= 0.6 is 0 Å². The van der Waals surface area contributed by atoms with Crippen molar-refractivity contribution < 1.29 is 7.85 Å². The number of hydrogen-bond acceptors (Lipinski definition) is 2. The monoisotopic (exact) mass is 263 g/mol.